The number of methoxy groups -OCH3 is 2. The number of aromatic hydroxyl groups is 2. The molecule has 0 radical (unpaired) electrons. The van der Waals surface area contributed by atoms with Gasteiger partial charge in [0.15, 0.2) is 28.8 Å². The van der Waals surface area contributed by atoms with Crippen molar-refractivity contribution >= 4 is 18.0 Å². The number of phenols is 2. The lowest BCUT2D eigenvalue weighted by Gasteiger charge is -2.20. The molecule has 0 aliphatic rings. The summed E-state index contributed by atoms with van der Waals surface area (Å²) >= 11 is 0. The first kappa shape index (κ1) is 23.7. The monoisotopic (exact) mass is 430 g/mol. The van der Waals surface area contributed by atoms with Gasteiger partial charge in [-0.1, -0.05) is 13.8 Å². The van der Waals surface area contributed by atoms with E-state index in [2.05, 4.69) is 0 Å². The normalized spacial score (nSPS) is 11.6. The minimum absolute atomic E-state index is 0.00851. The van der Waals surface area contributed by atoms with Crippen molar-refractivity contribution in [2.75, 3.05) is 20.8 Å². The largest absolute Gasteiger partial charge is 0.504 e. The predicted octanol–water partition coefficient (Wildman–Crippen LogP) is 3.48. The number of carbonyl (C=O) groups excluding carboxylic acids is 3. The number of aldehydes is 1. The highest BCUT2D eigenvalue weighted by Gasteiger charge is 2.29. The maximum atomic E-state index is 13.3. The van der Waals surface area contributed by atoms with E-state index >= 15 is 0 Å². The Morgan fingerprint density at radius 1 is 1.03 bits per heavy atom. The highest BCUT2D eigenvalue weighted by molar-refractivity contribution is 6.02. The van der Waals surface area contributed by atoms with Crippen LogP contribution in [0, 0.1) is 5.92 Å². The molecule has 0 bridgehead atoms. The fraction of sp³-hybridized carbons (Fsp3) is 0.348. The van der Waals surface area contributed by atoms with Gasteiger partial charge in [0, 0.05) is 23.1 Å². The highest BCUT2D eigenvalue weighted by atomic mass is 16.5. The van der Waals surface area contributed by atoms with Crippen LogP contribution >= 0.6 is 0 Å². The standard InChI is InChI=1S/C23H26O8/c1-13(2)7-21(26)31-12-17(16-8-14(11-24)9-20(30-4)23(16)28)22(27)15-5-6-18(25)19(10-15)29-3/h5-6,8-11,13,17,25,28H,7,12H2,1-4H3/t17-/m0/s1. The number of ketones is 1. The quantitative estimate of drug-likeness (QED) is 0.334. The average molecular weight is 430 g/mol. The van der Waals surface area contributed by atoms with E-state index in [1.807, 2.05) is 13.8 Å². The Morgan fingerprint density at radius 3 is 2.29 bits per heavy atom. The molecule has 166 valence electrons. The van der Waals surface area contributed by atoms with E-state index in [1.165, 1.54) is 44.6 Å². The summed E-state index contributed by atoms with van der Waals surface area (Å²) in [5, 5.41) is 20.4. The van der Waals surface area contributed by atoms with Gasteiger partial charge in [-0.25, -0.2) is 0 Å². The van der Waals surface area contributed by atoms with E-state index in [4.69, 9.17) is 14.2 Å². The zero-order chi connectivity index (χ0) is 23.1. The lowest BCUT2D eigenvalue weighted by Crippen LogP contribution is -2.22. The highest BCUT2D eigenvalue weighted by Crippen LogP contribution is 2.38. The Hall–Kier alpha value is -3.55. The van der Waals surface area contributed by atoms with Crippen LogP contribution in [0.2, 0.25) is 0 Å². The molecular weight excluding hydrogens is 404 g/mol. The third-order valence-corrected chi connectivity index (χ3v) is 4.62. The molecule has 2 aromatic carbocycles. The number of esters is 1. The fourth-order valence-electron chi connectivity index (χ4n) is 3.05. The third kappa shape index (κ3) is 5.75. The molecule has 0 aliphatic carbocycles. The molecule has 0 saturated heterocycles. The van der Waals surface area contributed by atoms with Crippen LogP contribution in [0.5, 0.6) is 23.0 Å². The van der Waals surface area contributed by atoms with Crippen molar-refractivity contribution in [2.45, 2.75) is 26.2 Å². The van der Waals surface area contributed by atoms with Gasteiger partial charge in [0.05, 0.1) is 20.1 Å². The number of phenolic OH excluding ortho intramolecular Hbond substituents is 2. The summed E-state index contributed by atoms with van der Waals surface area (Å²) in [6, 6.07) is 6.72. The van der Waals surface area contributed by atoms with E-state index in [0.29, 0.717) is 6.29 Å². The molecule has 0 amide bonds. The van der Waals surface area contributed by atoms with Crippen molar-refractivity contribution in [1.82, 2.24) is 0 Å². The van der Waals surface area contributed by atoms with Crippen molar-refractivity contribution in [3.63, 3.8) is 0 Å². The lowest BCUT2D eigenvalue weighted by atomic mass is 9.89. The van der Waals surface area contributed by atoms with Crippen molar-refractivity contribution in [3.8, 4) is 23.0 Å². The van der Waals surface area contributed by atoms with Gasteiger partial charge in [0.2, 0.25) is 0 Å². The molecule has 0 heterocycles. The molecular formula is C23H26O8. The van der Waals surface area contributed by atoms with E-state index in [-0.39, 0.29) is 58.6 Å². The van der Waals surface area contributed by atoms with Crippen LogP contribution in [0.4, 0.5) is 0 Å². The second-order valence-electron chi connectivity index (χ2n) is 7.36. The van der Waals surface area contributed by atoms with Crippen molar-refractivity contribution in [3.05, 3.63) is 47.0 Å². The number of rotatable bonds is 10. The van der Waals surface area contributed by atoms with Gasteiger partial charge >= 0.3 is 5.97 Å². The molecule has 1 atom stereocenters. The second-order valence-corrected chi connectivity index (χ2v) is 7.36. The summed E-state index contributed by atoms with van der Waals surface area (Å²) in [6.07, 6.45) is 0.721. The molecule has 2 N–H and O–H groups in total. The SMILES string of the molecule is COc1cc(C(=O)[C@@H](COC(=O)CC(C)C)c2cc(C=O)cc(OC)c2O)ccc1O. The minimum atomic E-state index is -1.13. The second kappa shape index (κ2) is 10.5. The minimum Gasteiger partial charge on any atom is -0.504 e. The molecule has 8 nitrogen and oxygen atoms in total. The number of ether oxygens (including phenoxy) is 3. The maximum absolute atomic E-state index is 13.3. The maximum Gasteiger partial charge on any atom is 0.306 e. The van der Waals surface area contributed by atoms with Gasteiger partial charge in [-0.2, -0.15) is 0 Å². The predicted molar refractivity (Wildman–Crippen MR) is 112 cm³/mol. The number of carbonyl (C=O) groups is 3. The summed E-state index contributed by atoms with van der Waals surface area (Å²) in [7, 11) is 2.66. The summed E-state index contributed by atoms with van der Waals surface area (Å²) < 4.78 is 15.5. The third-order valence-electron chi connectivity index (χ3n) is 4.62. The van der Waals surface area contributed by atoms with Gasteiger partial charge in [0.1, 0.15) is 12.9 Å². The van der Waals surface area contributed by atoms with E-state index in [0.717, 1.165) is 0 Å². The smallest absolute Gasteiger partial charge is 0.306 e. The van der Waals surface area contributed by atoms with Crippen LogP contribution in [0.3, 0.4) is 0 Å². The zero-order valence-electron chi connectivity index (χ0n) is 17.9. The van der Waals surface area contributed by atoms with Gasteiger partial charge in [-0.15, -0.1) is 0 Å². The molecule has 0 fully saturated rings. The van der Waals surface area contributed by atoms with Crippen LogP contribution < -0.4 is 9.47 Å². The summed E-state index contributed by atoms with van der Waals surface area (Å²) in [4.78, 5) is 36.8. The van der Waals surface area contributed by atoms with Crippen LogP contribution in [0.1, 0.15) is 52.5 Å². The van der Waals surface area contributed by atoms with Crippen molar-refractivity contribution in [1.29, 1.82) is 0 Å². The summed E-state index contributed by atoms with van der Waals surface area (Å²) in [5.74, 6) is -2.44. The molecule has 31 heavy (non-hydrogen) atoms. The number of hydrogen-bond acceptors (Lipinski definition) is 8. The van der Waals surface area contributed by atoms with Gasteiger partial charge < -0.3 is 24.4 Å². The summed E-state index contributed by atoms with van der Waals surface area (Å²) in [5.41, 5.74) is 0.421. The number of Topliss-reactive ketones (excluding diaryl/α,β-unsaturated/α-hetero) is 1. The number of benzene rings is 2. The zero-order valence-corrected chi connectivity index (χ0v) is 17.9. The Labute approximate surface area is 180 Å². The van der Waals surface area contributed by atoms with Gasteiger partial charge in [-0.3, -0.25) is 14.4 Å². The van der Waals surface area contributed by atoms with E-state index in [1.54, 1.807) is 0 Å². The van der Waals surface area contributed by atoms with Crippen LogP contribution in [0.15, 0.2) is 30.3 Å². The first-order valence-electron chi connectivity index (χ1n) is 9.64. The first-order chi connectivity index (χ1) is 14.7. The molecule has 0 saturated carbocycles. The van der Waals surface area contributed by atoms with Gasteiger partial charge in [0.25, 0.3) is 0 Å². The number of hydrogen-bond donors (Lipinski definition) is 2. The molecule has 0 spiro atoms. The molecule has 0 unspecified atom stereocenters. The molecule has 2 aromatic rings. The van der Waals surface area contributed by atoms with E-state index in [9.17, 15) is 24.6 Å². The average Bonchev–Trinajstić information content (AvgIpc) is 2.74. The molecule has 8 heteroatoms. The Balaban J connectivity index is 2.52. The summed E-state index contributed by atoms with van der Waals surface area (Å²) in [6.45, 7) is 3.36. The molecule has 0 aliphatic heterocycles. The van der Waals surface area contributed by atoms with Crippen molar-refractivity contribution < 1.29 is 38.8 Å². The van der Waals surface area contributed by atoms with Crippen LogP contribution in [0.25, 0.3) is 0 Å². The lowest BCUT2D eigenvalue weighted by molar-refractivity contribution is -0.144. The van der Waals surface area contributed by atoms with Crippen LogP contribution in [-0.2, 0) is 9.53 Å². The Bertz CT molecular complexity index is 964. The first-order valence-corrected chi connectivity index (χ1v) is 9.64. The van der Waals surface area contributed by atoms with Crippen molar-refractivity contribution in [2.24, 2.45) is 5.92 Å². The Kier molecular flexibility index (Phi) is 8.01. The van der Waals surface area contributed by atoms with E-state index < -0.39 is 17.7 Å². The Morgan fingerprint density at radius 2 is 1.71 bits per heavy atom. The fourth-order valence-corrected chi connectivity index (χ4v) is 3.05. The van der Waals surface area contributed by atoms with Gasteiger partial charge in [-0.05, 0) is 36.2 Å². The topological polar surface area (TPSA) is 119 Å². The van der Waals surface area contributed by atoms with Crippen LogP contribution in [-0.4, -0.2) is 49.1 Å². The molecule has 0 aromatic heterocycles. The molecule has 2 rings (SSSR count).